The summed E-state index contributed by atoms with van der Waals surface area (Å²) in [6, 6.07) is 9.57. The number of amides is 1. The van der Waals surface area contributed by atoms with Crippen molar-refractivity contribution in [1.29, 1.82) is 0 Å². The monoisotopic (exact) mass is 403 g/mol. The number of piperidine rings is 3. The first-order chi connectivity index (χ1) is 14.7. The van der Waals surface area contributed by atoms with Crippen LogP contribution in [-0.2, 0) is 18.3 Å². The van der Waals surface area contributed by atoms with Crippen LogP contribution in [0.2, 0.25) is 0 Å². The molecule has 0 unspecified atom stereocenters. The summed E-state index contributed by atoms with van der Waals surface area (Å²) in [6.45, 7) is 3.38. The summed E-state index contributed by atoms with van der Waals surface area (Å²) >= 11 is 0. The number of hydrogen-bond donors (Lipinski definition) is 0. The first-order valence-electron chi connectivity index (χ1n) is 12.0. The fourth-order valence-electron chi connectivity index (χ4n) is 7.08. The third-order valence-corrected chi connectivity index (χ3v) is 8.30. The molecule has 158 valence electrons. The van der Waals surface area contributed by atoms with E-state index in [1.54, 1.807) is 5.57 Å². The maximum absolute atomic E-state index is 13.6. The van der Waals surface area contributed by atoms with Crippen LogP contribution < -0.4 is 0 Å². The second-order valence-electron chi connectivity index (χ2n) is 10.1. The first kappa shape index (κ1) is 18.7. The summed E-state index contributed by atoms with van der Waals surface area (Å²) in [5, 5.41) is 1.22. The van der Waals surface area contributed by atoms with E-state index >= 15 is 0 Å². The first-order valence-corrected chi connectivity index (χ1v) is 12.0. The Balaban J connectivity index is 1.28. The topological polar surface area (TPSA) is 28.5 Å². The van der Waals surface area contributed by atoms with Gasteiger partial charge in [0.15, 0.2) is 0 Å². The van der Waals surface area contributed by atoms with Gasteiger partial charge < -0.3 is 9.47 Å². The number of hydrogen-bond acceptors (Lipinski definition) is 2. The summed E-state index contributed by atoms with van der Waals surface area (Å²) in [7, 11) is 2.08. The van der Waals surface area contributed by atoms with Crippen molar-refractivity contribution in [3.63, 3.8) is 0 Å². The molecule has 1 amide bonds. The molecule has 3 saturated heterocycles. The molecule has 0 N–H and O–H groups in total. The van der Waals surface area contributed by atoms with Gasteiger partial charge in [-0.3, -0.25) is 9.69 Å². The van der Waals surface area contributed by atoms with Gasteiger partial charge in [-0.05, 0) is 62.1 Å². The van der Waals surface area contributed by atoms with Crippen LogP contribution in [0.3, 0.4) is 0 Å². The van der Waals surface area contributed by atoms with E-state index < -0.39 is 0 Å². The number of fused-ring (bicyclic) bond motifs is 7. The summed E-state index contributed by atoms with van der Waals surface area (Å²) in [5.74, 6) is 1.67. The smallest absolute Gasteiger partial charge is 0.227 e. The van der Waals surface area contributed by atoms with Crippen molar-refractivity contribution in [2.45, 2.75) is 57.0 Å². The van der Waals surface area contributed by atoms with Crippen LogP contribution in [0.5, 0.6) is 0 Å². The minimum atomic E-state index is 0.321. The molecule has 1 aromatic carbocycles. The largest absolute Gasteiger partial charge is 0.350 e. The Kier molecular flexibility index (Phi) is 4.52. The van der Waals surface area contributed by atoms with Crippen LogP contribution in [0.25, 0.3) is 10.9 Å². The normalized spacial score (nSPS) is 31.2. The van der Waals surface area contributed by atoms with Crippen molar-refractivity contribution in [3.8, 4) is 0 Å². The Morgan fingerprint density at radius 2 is 2.03 bits per heavy atom. The van der Waals surface area contributed by atoms with Crippen molar-refractivity contribution in [3.05, 3.63) is 47.7 Å². The molecule has 1 aliphatic carbocycles. The molecule has 4 heteroatoms. The Hall–Kier alpha value is -2.07. The van der Waals surface area contributed by atoms with Crippen LogP contribution in [0, 0.1) is 11.8 Å². The zero-order chi connectivity index (χ0) is 20.2. The molecule has 4 heterocycles. The van der Waals surface area contributed by atoms with Crippen molar-refractivity contribution in [2.75, 3.05) is 19.6 Å². The molecule has 4 nitrogen and oxygen atoms in total. The highest BCUT2D eigenvalue weighted by atomic mass is 16.2. The molecule has 1 aromatic heterocycles. The van der Waals surface area contributed by atoms with Crippen molar-refractivity contribution >= 4 is 16.8 Å². The Bertz CT molecular complexity index is 1000. The summed E-state index contributed by atoms with van der Waals surface area (Å²) < 4.78 is 2.16. The third kappa shape index (κ3) is 2.95. The molecule has 2 aromatic rings. The Morgan fingerprint density at radius 3 is 2.97 bits per heavy atom. The maximum Gasteiger partial charge on any atom is 0.227 e. The zero-order valence-corrected chi connectivity index (χ0v) is 18.1. The van der Waals surface area contributed by atoms with E-state index in [9.17, 15) is 4.79 Å². The highest BCUT2D eigenvalue weighted by Gasteiger charge is 2.46. The number of benzene rings is 1. The maximum atomic E-state index is 13.6. The van der Waals surface area contributed by atoms with Crippen molar-refractivity contribution in [1.82, 2.24) is 14.4 Å². The minimum absolute atomic E-state index is 0.321. The van der Waals surface area contributed by atoms with Gasteiger partial charge >= 0.3 is 0 Å². The van der Waals surface area contributed by atoms with Crippen LogP contribution in [0.4, 0.5) is 0 Å². The molecule has 3 aliphatic heterocycles. The predicted octanol–water partition coefficient (Wildman–Crippen LogP) is 4.14. The average molecular weight is 404 g/mol. The van der Waals surface area contributed by atoms with Crippen LogP contribution >= 0.6 is 0 Å². The van der Waals surface area contributed by atoms with Crippen LogP contribution in [0.15, 0.2) is 42.1 Å². The third-order valence-electron chi connectivity index (χ3n) is 8.30. The zero-order valence-electron chi connectivity index (χ0n) is 18.1. The van der Waals surface area contributed by atoms with Crippen molar-refractivity contribution in [2.24, 2.45) is 18.9 Å². The van der Waals surface area contributed by atoms with Crippen LogP contribution in [0.1, 0.15) is 44.1 Å². The second-order valence-corrected chi connectivity index (χ2v) is 10.1. The molecule has 30 heavy (non-hydrogen) atoms. The van der Waals surface area contributed by atoms with Gasteiger partial charge in [-0.15, -0.1) is 0 Å². The summed E-state index contributed by atoms with van der Waals surface area (Å²) in [4.78, 5) is 18.6. The van der Waals surface area contributed by atoms with Crippen molar-refractivity contribution < 1.29 is 4.79 Å². The lowest BCUT2D eigenvalue weighted by Crippen LogP contribution is -2.60. The van der Waals surface area contributed by atoms with E-state index in [0.717, 1.165) is 24.9 Å². The number of rotatable bonds is 2. The van der Waals surface area contributed by atoms with Gasteiger partial charge in [-0.1, -0.05) is 36.3 Å². The lowest BCUT2D eigenvalue weighted by atomic mass is 9.68. The summed E-state index contributed by atoms with van der Waals surface area (Å²) in [6.07, 6.45) is 13.0. The van der Waals surface area contributed by atoms with Gasteiger partial charge in [0.05, 0.1) is 12.5 Å². The highest BCUT2D eigenvalue weighted by molar-refractivity contribution is 5.89. The highest BCUT2D eigenvalue weighted by Crippen LogP contribution is 2.45. The molecule has 0 saturated carbocycles. The predicted molar refractivity (Wildman–Crippen MR) is 120 cm³/mol. The van der Waals surface area contributed by atoms with Gasteiger partial charge in [-0.2, -0.15) is 0 Å². The van der Waals surface area contributed by atoms with E-state index in [-0.39, 0.29) is 0 Å². The molecule has 2 bridgehead atoms. The van der Waals surface area contributed by atoms with Gasteiger partial charge in [0.25, 0.3) is 0 Å². The van der Waals surface area contributed by atoms with E-state index in [1.165, 1.54) is 61.7 Å². The molecule has 4 atom stereocenters. The molecule has 3 fully saturated rings. The van der Waals surface area contributed by atoms with Gasteiger partial charge in [0.1, 0.15) is 0 Å². The number of aryl methyl sites for hydroxylation is 1. The van der Waals surface area contributed by atoms with E-state index in [1.807, 2.05) is 0 Å². The molecular formula is C26H33N3O. The molecule has 0 spiro atoms. The fraction of sp³-hybridized carbons (Fsp3) is 0.577. The number of aromatic nitrogens is 1. The number of carbonyl (C=O) groups excluding carboxylic acids is 1. The number of likely N-dealkylation sites (tertiary alicyclic amines) is 1. The molecular weight excluding hydrogens is 370 g/mol. The lowest BCUT2D eigenvalue weighted by molar-refractivity contribution is -0.135. The quantitative estimate of drug-likeness (QED) is 0.705. The standard InChI is InChI=1S/C26H33N3O/c1-27-16-20(22-8-2-3-10-24(22)27)15-25(30)29-12-6-7-18-13-19-14-21(26(18)29)17-28-11-5-4-9-23(19)28/h2-3,8,10,13,16,19,21,23,26H,4-7,9,11-12,14-15,17H2,1H3/t19-,21-,23-,26+/m0/s1. The SMILES string of the molecule is Cn1cc(CC(=O)N2CCCC3=C[C@H]4C[C@@H](CN5CCCC[C@@H]45)[C@@H]32)c2ccccc21. The lowest BCUT2D eigenvalue weighted by Gasteiger charge is -2.54. The van der Waals surface area contributed by atoms with Gasteiger partial charge in [0, 0.05) is 43.3 Å². The molecule has 0 radical (unpaired) electrons. The molecule has 6 rings (SSSR count). The number of para-hydroxylation sites is 1. The van der Waals surface area contributed by atoms with Gasteiger partial charge in [-0.25, -0.2) is 0 Å². The number of carbonyl (C=O) groups is 1. The Labute approximate surface area is 179 Å². The van der Waals surface area contributed by atoms with Crippen LogP contribution in [-0.4, -0.2) is 52.0 Å². The fourth-order valence-corrected chi connectivity index (χ4v) is 7.08. The van der Waals surface area contributed by atoms with E-state index in [2.05, 4.69) is 58.0 Å². The molecule has 4 aliphatic rings. The minimum Gasteiger partial charge on any atom is -0.350 e. The Morgan fingerprint density at radius 1 is 1.13 bits per heavy atom. The average Bonchev–Trinajstić information content (AvgIpc) is 3.09. The second kappa shape index (κ2) is 7.26. The summed E-state index contributed by atoms with van der Waals surface area (Å²) in [5.41, 5.74) is 3.96. The van der Waals surface area contributed by atoms with Gasteiger partial charge in [0.2, 0.25) is 5.91 Å². The number of nitrogens with zero attached hydrogens (tertiary/aromatic N) is 3. The van der Waals surface area contributed by atoms with E-state index in [4.69, 9.17) is 0 Å². The van der Waals surface area contributed by atoms with E-state index in [0.29, 0.717) is 24.3 Å².